The fraction of sp³-hybridized carbons (Fsp3) is 0.857. The van der Waals surface area contributed by atoms with Gasteiger partial charge in [-0.05, 0) is 37.9 Å². The first kappa shape index (κ1) is 15.5. The molecule has 20 heavy (non-hydrogen) atoms. The van der Waals surface area contributed by atoms with Crippen LogP contribution < -0.4 is 5.32 Å². The lowest BCUT2D eigenvalue weighted by Gasteiger charge is -2.35. The first-order chi connectivity index (χ1) is 9.66. The number of rotatable bonds is 4. The van der Waals surface area contributed by atoms with E-state index in [1.165, 1.54) is 25.0 Å². The summed E-state index contributed by atoms with van der Waals surface area (Å²) in [6.45, 7) is 1.39. The largest absolute Gasteiger partial charge is 0.481 e. The van der Waals surface area contributed by atoms with Crippen LogP contribution in [0, 0.1) is 0 Å². The summed E-state index contributed by atoms with van der Waals surface area (Å²) in [6, 6.07) is -0.220. The lowest BCUT2D eigenvalue weighted by molar-refractivity contribution is -0.138. The zero-order valence-electron chi connectivity index (χ0n) is 11.8. The molecule has 2 aliphatic rings. The zero-order valence-corrected chi connectivity index (χ0v) is 12.7. The van der Waals surface area contributed by atoms with Gasteiger partial charge < -0.3 is 15.3 Å². The van der Waals surface area contributed by atoms with E-state index in [4.69, 9.17) is 5.11 Å². The van der Waals surface area contributed by atoms with Crippen LogP contribution in [0.15, 0.2) is 0 Å². The second kappa shape index (κ2) is 7.76. The lowest BCUT2D eigenvalue weighted by Crippen LogP contribution is -2.50. The standard InChI is InChI=1S/C14H24N2O3S/c17-13(18)9-11-5-1-3-7-16(11)14(19)15-10-12-6-2-4-8-20-12/h11-12H,1-10H2,(H,15,19)(H,17,18). The van der Waals surface area contributed by atoms with Gasteiger partial charge in [0.1, 0.15) is 0 Å². The Hall–Kier alpha value is -0.910. The number of piperidine rings is 1. The monoisotopic (exact) mass is 300 g/mol. The van der Waals surface area contributed by atoms with Gasteiger partial charge in [0.05, 0.1) is 6.42 Å². The number of thioether (sulfide) groups is 1. The topological polar surface area (TPSA) is 69.6 Å². The van der Waals surface area contributed by atoms with Crippen molar-refractivity contribution in [1.82, 2.24) is 10.2 Å². The fourth-order valence-corrected chi connectivity index (χ4v) is 4.19. The number of likely N-dealkylation sites (tertiary alicyclic amines) is 1. The minimum absolute atomic E-state index is 0.0611. The van der Waals surface area contributed by atoms with Gasteiger partial charge in [-0.1, -0.05) is 6.42 Å². The van der Waals surface area contributed by atoms with Gasteiger partial charge in [-0.25, -0.2) is 4.79 Å². The van der Waals surface area contributed by atoms with E-state index < -0.39 is 5.97 Å². The Labute approximate surface area is 124 Å². The Kier molecular flexibility index (Phi) is 6.01. The summed E-state index contributed by atoms with van der Waals surface area (Å²) in [4.78, 5) is 24.9. The highest BCUT2D eigenvalue weighted by molar-refractivity contribution is 7.99. The molecule has 2 rings (SSSR count). The van der Waals surface area contributed by atoms with Crippen molar-refractivity contribution in [2.24, 2.45) is 0 Å². The normalized spacial score (nSPS) is 27.1. The van der Waals surface area contributed by atoms with Crippen LogP contribution in [0.2, 0.25) is 0 Å². The first-order valence-electron chi connectivity index (χ1n) is 7.54. The molecular weight excluding hydrogens is 276 g/mol. The van der Waals surface area contributed by atoms with Crippen molar-refractivity contribution in [2.45, 2.75) is 56.2 Å². The second-order valence-corrected chi connectivity index (χ2v) is 7.02. The Morgan fingerprint density at radius 2 is 2.00 bits per heavy atom. The maximum Gasteiger partial charge on any atom is 0.317 e. The van der Waals surface area contributed by atoms with E-state index in [9.17, 15) is 9.59 Å². The number of aliphatic carboxylic acids is 1. The van der Waals surface area contributed by atoms with Crippen molar-refractivity contribution in [3.05, 3.63) is 0 Å². The molecule has 6 heteroatoms. The van der Waals surface area contributed by atoms with Gasteiger partial charge in [0.2, 0.25) is 0 Å². The average molecular weight is 300 g/mol. The van der Waals surface area contributed by atoms with Gasteiger partial charge >= 0.3 is 12.0 Å². The van der Waals surface area contributed by atoms with E-state index in [0.717, 1.165) is 19.3 Å². The summed E-state index contributed by atoms with van der Waals surface area (Å²) in [5.74, 6) is 0.365. The Bertz CT molecular complexity index is 345. The van der Waals surface area contributed by atoms with Crippen molar-refractivity contribution < 1.29 is 14.7 Å². The van der Waals surface area contributed by atoms with Crippen LogP contribution in [-0.2, 0) is 4.79 Å². The molecule has 5 nitrogen and oxygen atoms in total. The summed E-state index contributed by atoms with van der Waals surface area (Å²) in [5, 5.41) is 12.5. The highest BCUT2D eigenvalue weighted by Gasteiger charge is 2.28. The predicted molar refractivity (Wildman–Crippen MR) is 80.1 cm³/mol. The number of carbonyl (C=O) groups excluding carboxylic acids is 1. The van der Waals surface area contributed by atoms with Gasteiger partial charge in [-0.3, -0.25) is 4.79 Å². The van der Waals surface area contributed by atoms with E-state index in [-0.39, 0.29) is 18.5 Å². The van der Waals surface area contributed by atoms with E-state index in [0.29, 0.717) is 18.3 Å². The van der Waals surface area contributed by atoms with Crippen LogP contribution in [0.5, 0.6) is 0 Å². The Balaban J connectivity index is 1.80. The minimum atomic E-state index is -0.822. The van der Waals surface area contributed by atoms with Gasteiger partial charge in [-0.15, -0.1) is 0 Å². The molecule has 0 aromatic heterocycles. The molecule has 0 spiro atoms. The fourth-order valence-electron chi connectivity index (χ4n) is 2.95. The zero-order chi connectivity index (χ0) is 14.4. The average Bonchev–Trinajstić information content (AvgIpc) is 2.46. The molecule has 0 bridgehead atoms. The van der Waals surface area contributed by atoms with Gasteiger partial charge in [0, 0.05) is 24.4 Å². The molecule has 2 amide bonds. The molecule has 2 unspecified atom stereocenters. The van der Waals surface area contributed by atoms with Crippen LogP contribution in [0.4, 0.5) is 4.79 Å². The first-order valence-corrected chi connectivity index (χ1v) is 8.59. The smallest absolute Gasteiger partial charge is 0.317 e. The molecule has 0 aliphatic carbocycles. The molecule has 0 radical (unpaired) electrons. The summed E-state index contributed by atoms with van der Waals surface area (Å²) in [7, 11) is 0. The number of hydrogen-bond acceptors (Lipinski definition) is 3. The molecule has 2 heterocycles. The van der Waals surface area contributed by atoms with E-state index in [2.05, 4.69) is 5.32 Å². The summed E-state index contributed by atoms with van der Waals surface area (Å²) >= 11 is 1.94. The molecule has 2 fully saturated rings. The van der Waals surface area contributed by atoms with Crippen molar-refractivity contribution in [2.75, 3.05) is 18.8 Å². The van der Waals surface area contributed by atoms with E-state index >= 15 is 0 Å². The third-order valence-electron chi connectivity index (χ3n) is 4.05. The third kappa shape index (κ3) is 4.58. The number of carbonyl (C=O) groups is 2. The van der Waals surface area contributed by atoms with Crippen LogP contribution >= 0.6 is 11.8 Å². The molecule has 2 atom stereocenters. The number of urea groups is 1. The van der Waals surface area contributed by atoms with Crippen molar-refractivity contribution in [3.8, 4) is 0 Å². The number of carboxylic acid groups (broad SMARTS) is 1. The van der Waals surface area contributed by atoms with Crippen molar-refractivity contribution >= 4 is 23.8 Å². The quantitative estimate of drug-likeness (QED) is 0.836. The summed E-state index contributed by atoms with van der Waals surface area (Å²) in [6.07, 6.45) is 6.55. The summed E-state index contributed by atoms with van der Waals surface area (Å²) in [5.41, 5.74) is 0. The minimum Gasteiger partial charge on any atom is -0.481 e. The predicted octanol–water partition coefficient (Wildman–Crippen LogP) is 2.31. The van der Waals surface area contributed by atoms with Crippen LogP contribution in [0.3, 0.4) is 0 Å². The molecular formula is C14H24N2O3S. The Morgan fingerprint density at radius 3 is 2.70 bits per heavy atom. The molecule has 0 saturated carbocycles. The maximum absolute atomic E-state index is 12.2. The lowest BCUT2D eigenvalue weighted by atomic mass is 10.00. The number of nitrogens with one attached hydrogen (secondary N) is 1. The highest BCUT2D eigenvalue weighted by Crippen LogP contribution is 2.24. The molecule has 0 aromatic rings. The van der Waals surface area contributed by atoms with E-state index in [1.807, 2.05) is 11.8 Å². The molecule has 114 valence electrons. The van der Waals surface area contributed by atoms with Gasteiger partial charge in [-0.2, -0.15) is 11.8 Å². The molecule has 2 aliphatic heterocycles. The number of hydrogen-bond donors (Lipinski definition) is 2. The van der Waals surface area contributed by atoms with Crippen molar-refractivity contribution in [1.29, 1.82) is 0 Å². The molecule has 2 saturated heterocycles. The van der Waals surface area contributed by atoms with E-state index in [1.54, 1.807) is 4.90 Å². The van der Waals surface area contributed by atoms with Crippen LogP contribution in [0.1, 0.15) is 44.9 Å². The number of carboxylic acids is 1. The number of nitrogens with zero attached hydrogens (tertiary/aromatic N) is 1. The van der Waals surface area contributed by atoms with Gasteiger partial charge in [0.25, 0.3) is 0 Å². The SMILES string of the molecule is O=C(O)CC1CCCCN1C(=O)NCC1CCCCS1. The Morgan fingerprint density at radius 1 is 1.20 bits per heavy atom. The van der Waals surface area contributed by atoms with Crippen molar-refractivity contribution in [3.63, 3.8) is 0 Å². The molecule has 0 aromatic carbocycles. The third-order valence-corrected chi connectivity index (χ3v) is 5.45. The van der Waals surface area contributed by atoms with Gasteiger partial charge in [0.15, 0.2) is 0 Å². The number of amides is 2. The summed E-state index contributed by atoms with van der Waals surface area (Å²) < 4.78 is 0. The maximum atomic E-state index is 12.2. The highest BCUT2D eigenvalue weighted by atomic mass is 32.2. The molecule has 2 N–H and O–H groups in total. The van der Waals surface area contributed by atoms with Crippen LogP contribution in [0.25, 0.3) is 0 Å². The van der Waals surface area contributed by atoms with Crippen LogP contribution in [-0.4, -0.2) is 52.1 Å². The second-order valence-electron chi connectivity index (χ2n) is 5.62.